The molecule has 0 unspecified atom stereocenters. The van der Waals surface area contributed by atoms with Crippen molar-refractivity contribution in [2.75, 3.05) is 0 Å². The molecule has 0 spiro atoms. The zero-order valence-corrected chi connectivity index (χ0v) is 17.5. The van der Waals surface area contributed by atoms with Crippen LogP contribution < -0.4 is 11.1 Å². The van der Waals surface area contributed by atoms with Gasteiger partial charge in [-0.25, -0.2) is 0 Å². The molecule has 31 heavy (non-hydrogen) atoms. The summed E-state index contributed by atoms with van der Waals surface area (Å²) in [7, 11) is 0. The molecule has 0 radical (unpaired) electrons. The molecule has 0 bridgehead atoms. The van der Waals surface area contributed by atoms with Crippen molar-refractivity contribution in [3.63, 3.8) is 0 Å². The number of para-hydroxylation sites is 3. The molecule has 0 atom stereocenters. The second kappa shape index (κ2) is 5.14. The van der Waals surface area contributed by atoms with Crippen molar-refractivity contribution in [2.24, 2.45) is 0 Å². The first kappa shape index (κ1) is 16.1. The average Bonchev–Trinajstić information content (AvgIpc) is 3.13. The Labute approximate surface area is 180 Å². The monoisotopic (exact) mass is 437 g/mol. The van der Waals surface area contributed by atoms with Crippen molar-refractivity contribution in [3.8, 4) is 0 Å². The highest BCUT2D eigenvalue weighted by Crippen LogP contribution is 2.41. The van der Waals surface area contributed by atoms with Crippen molar-refractivity contribution in [3.05, 3.63) is 87.4 Å². The van der Waals surface area contributed by atoms with E-state index in [2.05, 4.69) is 16.5 Å². The maximum Gasteiger partial charge on any atom is 0.266 e. The number of fused-ring (bicyclic) bond motifs is 5. The number of hydrogen-bond acceptors (Lipinski definition) is 4. The lowest BCUT2D eigenvalue weighted by Gasteiger charge is -2.14. The van der Waals surface area contributed by atoms with Crippen molar-refractivity contribution in [2.45, 2.75) is 0 Å². The second-order valence-corrected chi connectivity index (χ2v) is 9.87. The molecule has 146 valence electrons. The van der Waals surface area contributed by atoms with Crippen LogP contribution in [0.3, 0.4) is 0 Å². The van der Waals surface area contributed by atoms with E-state index >= 15 is 0 Å². The molecule has 0 aliphatic rings. The molecule has 0 saturated heterocycles. The normalized spacial score (nSPS) is 12.8. The Bertz CT molecular complexity index is 2010. The standard InChI is InChI=1S/C24H11N3O2S2/c28-23-12-6-5-7-13-18(12)27-21-19(30-16-10-3-1-8-14(16)25(21)23)20-22(27)26(24(13)29)15-9-2-4-11-17(15)31-20/h1-11H. The van der Waals surface area contributed by atoms with Gasteiger partial charge in [0.2, 0.25) is 0 Å². The predicted octanol–water partition coefficient (Wildman–Crippen LogP) is 5.34. The summed E-state index contributed by atoms with van der Waals surface area (Å²) in [6.45, 7) is 0. The minimum absolute atomic E-state index is 0.0861. The van der Waals surface area contributed by atoms with Crippen LogP contribution >= 0.6 is 22.7 Å². The molecule has 3 aromatic carbocycles. The van der Waals surface area contributed by atoms with E-state index < -0.39 is 0 Å². The van der Waals surface area contributed by atoms with Crippen LogP contribution in [-0.4, -0.2) is 13.2 Å². The molecule has 0 N–H and O–H groups in total. The van der Waals surface area contributed by atoms with Gasteiger partial charge in [0.1, 0.15) is 11.3 Å². The fourth-order valence-corrected chi connectivity index (χ4v) is 7.42. The smallest absolute Gasteiger partial charge is 0.266 e. The Morgan fingerprint density at radius 2 is 1.03 bits per heavy atom. The van der Waals surface area contributed by atoms with Gasteiger partial charge in [-0.1, -0.05) is 30.3 Å². The highest BCUT2D eigenvalue weighted by Gasteiger charge is 2.25. The number of nitrogens with zero attached hydrogens (tertiary/aromatic N) is 3. The average molecular weight is 438 g/mol. The summed E-state index contributed by atoms with van der Waals surface area (Å²) in [4.78, 5) is 27.5. The van der Waals surface area contributed by atoms with Gasteiger partial charge in [-0.3, -0.25) is 22.8 Å². The zero-order chi connectivity index (χ0) is 20.4. The van der Waals surface area contributed by atoms with Crippen molar-refractivity contribution < 1.29 is 0 Å². The van der Waals surface area contributed by atoms with E-state index in [9.17, 15) is 9.59 Å². The van der Waals surface area contributed by atoms with Crippen LogP contribution in [0.5, 0.6) is 0 Å². The molecule has 0 amide bonds. The molecule has 8 aromatic rings. The van der Waals surface area contributed by atoms with Crippen LogP contribution in [0.25, 0.3) is 57.4 Å². The molecular weight excluding hydrogens is 426 g/mol. The fourth-order valence-electron chi connectivity index (χ4n) is 4.99. The fraction of sp³-hybridized carbons (Fsp3) is 0. The van der Waals surface area contributed by atoms with Gasteiger partial charge in [-0.15, -0.1) is 22.7 Å². The minimum Gasteiger partial charge on any atom is -0.277 e. The first-order chi connectivity index (χ1) is 15.2. The van der Waals surface area contributed by atoms with Gasteiger partial charge in [0, 0.05) is 0 Å². The van der Waals surface area contributed by atoms with E-state index in [1.54, 1.807) is 28.7 Å². The predicted molar refractivity (Wildman–Crippen MR) is 129 cm³/mol. The summed E-state index contributed by atoms with van der Waals surface area (Å²) in [6, 6.07) is 21.5. The first-order valence-corrected chi connectivity index (χ1v) is 11.5. The van der Waals surface area contributed by atoms with Crippen molar-refractivity contribution >= 4 is 80.1 Å². The number of benzene rings is 3. The van der Waals surface area contributed by atoms with E-state index in [0.29, 0.717) is 16.3 Å². The Kier molecular flexibility index (Phi) is 2.66. The maximum atomic E-state index is 13.7. The molecular formula is C24H11N3O2S2. The molecule has 8 rings (SSSR count). The van der Waals surface area contributed by atoms with Crippen LogP contribution in [0.2, 0.25) is 0 Å². The summed E-state index contributed by atoms with van der Waals surface area (Å²) in [5, 5.41) is 1.13. The third kappa shape index (κ3) is 1.68. The van der Waals surface area contributed by atoms with Gasteiger partial charge < -0.3 is 0 Å². The molecule has 5 heterocycles. The summed E-state index contributed by atoms with van der Waals surface area (Å²) < 4.78 is 9.92. The second-order valence-electron chi connectivity index (χ2n) is 7.76. The Balaban J connectivity index is 1.94. The molecule has 5 aromatic heterocycles. The van der Waals surface area contributed by atoms with Crippen LogP contribution in [0.1, 0.15) is 0 Å². The van der Waals surface area contributed by atoms with Gasteiger partial charge in [0.15, 0.2) is 0 Å². The van der Waals surface area contributed by atoms with Crippen LogP contribution in [0.4, 0.5) is 0 Å². The van der Waals surface area contributed by atoms with E-state index in [4.69, 9.17) is 0 Å². The largest absolute Gasteiger partial charge is 0.277 e. The van der Waals surface area contributed by atoms with E-state index in [1.165, 1.54) is 0 Å². The SMILES string of the molecule is O=c1c2cccc3c(=O)n4c5ccccc5sc5c6sc7ccccc7n1c6n(c23)c54. The molecule has 0 fully saturated rings. The maximum absolute atomic E-state index is 13.7. The lowest BCUT2D eigenvalue weighted by Crippen LogP contribution is -2.22. The quantitative estimate of drug-likeness (QED) is 0.238. The first-order valence-electron chi connectivity index (χ1n) is 9.89. The summed E-state index contributed by atoms with van der Waals surface area (Å²) in [6.07, 6.45) is 0. The van der Waals surface area contributed by atoms with Gasteiger partial charge in [-0.05, 0) is 36.4 Å². The number of aromatic nitrogens is 3. The van der Waals surface area contributed by atoms with Gasteiger partial charge in [0.05, 0.1) is 46.1 Å². The molecule has 0 aliphatic carbocycles. The van der Waals surface area contributed by atoms with Crippen LogP contribution in [0.15, 0.2) is 76.3 Å². The van der Waals surface area contributed by atoms with E-state index in [0.717, 1.165) is 41.1 Å². The number of hydrogen-bond donors (Lipinski definition) is 0. The van der Waals surface area contributed by atoms with Gasteiger partial charge >= 0.3 is 0 Å². The third-order valence-electron chi connectivity index (χ3n) is 6.22. The highest BCUT2D eigenvalue weighted by molar-refractivity contribution is 7.32. The topological polar surface area (TPSA) is 47.4 Å². The Hall–Kier alpha value is -3.68. The molecule has 0 saturated carbocycles. The lowest BCUT2D eigenvalue weighted by molar-refractivity contribution is 1.06. The van der Waals surface area contributed by atoms with Crippen molar-refractivity contribution in [1.29, 1.82) is 0 Å². The summed E-state index contributed by atoms with van der Waals surface area (Å²) in [5.74, 6) is 0. The summed E-state index contributed by atoms with van der Waals surface area (Å²) >= 11 is 3.35. The van der Waals surface area contributed by atoms with Gasteiger partial charge in [0.25, 0.3) is 11.1 Å². The highest BCUT2D eigenvalue weighted by atomic mass is 32.1. The van der Waals surface area contributed by atoms with E-state index in [-0.39, 0.29) is 11.1 Å². The Morgan fingerprint density at radius 3 is 1.55 bits per heavy atom. The Morgan fingerprint density at radius 1 is 0.548 bits per heavy atom. The number of rotatable bonds is 0. The van der Waals surface area contributed by atoms with E-state index in [1.807, 2.05) is 57.3 Å². The minimum atomic E-state index is -0.0861. The molecule has 5 nitrogen and oxygen atoms in total. The van der Waals surface area contributed by atoms with Crippen LogP contribution in [-0.2, 0) is 0 Å². The molecule has 0 aliphatic heterocycles. The third-order valence-corrected chi connectivity index (χ3v) is 8.66. The van der Waals surface area contributed by atoms with Crippen molar-refractivity contribution in [1.82, 2.24) is 13.2 Å². The van der Waals surface area contributed by atoms with Gasteiger partial charge in [-0.2, -0.15) is 0 Å². The summed E-state index contributed by atoms with van der Waals surface area (Å²) in [5.41, 5.74) is 4.00. The zero-order valence-electron chi connectivity index (χ0n) is 15.8. The van der Waals surface area contributed by atoms with Crippen LogP contribution in [0, 0.1) is 0 Å². The molecule has 7 heteroatoms. The lowest BCUT2D eigenvalue weighted by atomic mass is 10.1.